The molecule has 0 bridgehead atoms. The molecule has 26 heavy (non-hydrogen) atoms. The Kier molecular flexibility index (Phi) is 4.69. The highest BCUT2D eigenvalue weighted by Crippen LogP contribution is 2.30. The molecule has 1 heterocycles. The lowest BCUT2D eigenvalue weighted by molar-refractivity contribution is -0.123. The molecule has 1 aromatic heterocycles. The number of fused-ring (bicyclic) bond motifs is 1. The normalized spacial score (nSPS) is 13.4. The van der Waals surface area contributed by atoms with E-state index in [9.17, 15) is 9.59 Å². The second kappa shape index (κ2) is 6.67. The summed E-state index contributed by atoms with van der Waals surface area (Å²) in [6, 6.07) is 12.3. The van der Waals surface area contributed by atoms with Crippen molar-refractivity contribution in [1.29, 1.82) is 0 Å². The highest BCUT2D eigenvalue weighted by Gasteiger charge is 2.36. The molecule has 0 aliphatic carbocycles. The van der Waals surface area contributed by atoms with Crippen LogP contribution in [0.15, 0.2) is 42.5 Å². The Bertz CT molecular complexity index is 1030. The van der Waals surface area contributed by atoms with Gasteiger partial charge in [0, 0.05) is 15.9 Å². The van der Waals surface area contributed by atoms with Crippen molar-refractivity contribution >= 4 is 45.9 Å². The Labute approximate surface area is 160 Å². The lowest BCUT2D eigenvalue weighted by Crippen LogP contribution is -2.52. The van der Waals surface area contributed by atoms with Crippen molar-refractivity contribution in [1.82, 2.24) is 10.3 Å². The van der Waals surface area contributed by atoms with E-state index < -0.39 is 17.4 Å². The van der Waals surface area contributed by atoms with Gasteiger partial charge in [0.15, 0.2) is 0 Å². The molecule has 0 saturated heterocycles. The summed E-state index contributed by atoms with van der Waals surface area (Å²) in [6.07, 6.45) is 0. The summed E-state index contributed by atoms with van der Waals surface area (Å²) in [7, 11) is 0. The van der Waals surface area contributed by atoms with Crippen molar-refractivity contribution in [3.8, 4) is 0 Å². The third-order valence-corrected chi connectivity index (χ3v) is 5.00. The van der Waals surface area contributed by atoms with Crippen molar-refractivity contribution in [3.05, 3.63) is 69.3 Å². The number of H-pyrrole nitrogens is 1. The van der Waals surface area contributed by atoms with E-state index in [0.717, 1.165) is 16.5 Å². The van der Waals surface area contributed by atoms with Crippen LogP contribution in [0.2, 0.25) is 10.0 Å². The van der Waals surface area contributed by atoms with Crippen LogP contribution in [0.1, 0.15) is 28.5 Å². The highest BCUT2D eigenvalue weighted by atomic mass is 35.5. The Hall–Kier alpha value is -2.50. The average Bonchev–Trinajstić information content (AvgIpc) is 2.91. The molecule has 3 aromatic rings. The third kappa shape index (κ3) is 3.16. The number of benzene rings is 2. The Morgan fingerprint density at radius 2 is 1.88 bits per heavy atom. The first-order chi connectivity index (χ1) is 12.2. The van der Waals surface area contributed by atoms with Crippen LogP contribution in [0.4, 0.5) is 0 Å². The molecule has 1 unspecified atom stereocenters. The minimum absolute atomic E-state index is 0.168. The summed E-state index contributed by atoms with van der Waals surface area (Å²) in [5.41, 5.74) is 6.53. The molecule has 5 nitrogen and oxygen atoms in total. The topological polar surface area (TPSA) is 88.0 Å². The van der Waals surface area contributed by atoms with Gasteiger partial charge >= 0.3 is 0 Å². The number of carbonyl (C=O) groups excluding carboxylic acids is 2. The van der Waals surface area contributed by atoms with E-state index in [1.165, 1.54) is 6.92 Å². The zero-order valence-corrected chi connectivity index (χ0v) is 15.7. The number of rotatable bonds is 4. The standard InChI is InChI=1S/C19H17Cl2N3O2/c1-10-6-7-14-13(8-10)15(21)16(23-14)17(25)24-19(2,18(22)26)11-4-3-5-12(20)9-11/h3-9,23H,1-2H3,(H2,22,26)(H,24,25). The maximum atomic E-state index is 12.8. The van der Waals surface area contributed by atoms with E-state index in [1.54, 1.807) is 24.3 Å². The van der Waals surface area contributed by atoms with Gasteiger partial charge in [-0.1, -0.05) is 47.0 Å². The Morgan fingerprint density at radius 3 is 2.54 bits per heavy atom. The summed E-state index contributed by atoms with van der Waals surface area (Å²) in [5, 5.41) is 4.14. The summed E-state index contributed by atoms with van der Waals surface area (Å²) in [4.78, 5) is 27.9. The lowest BCUT2D eigenvalue weighted by Gasteiger charge is -2.28. The molecule has 0 aliphatic heterocycles. The van der Waals surface area contributed by atoms with Crippen LogP contribution < -0.4 is 11.1 Å². The molecular formula is C19H17Cl2N3O2. The van der Waals surface area contributed by atoms with Crippen molar-refractivity contribution in [2.45, 2.75) is 19.4 Å². The predicted octanol–water partition coefficient (Wildman–Crippen LogP) is 3.91. The van der Waals surface area contributed by atoms with Crippen LogP contribution >= 0.6 is 23.2 Å². The number of amides is 2. The average molecular weight is 390 g/mol. The molecule has 0 radical (unpaired) electrons. The maximum Gasteiger partial charge on any atom is 0.270 e. The van der Waals surface area contributed by atoms with Crippen LogP contribution in [0.3, 0.4) is 0 Å². The number of nitrogens with one attached hydrogen (secondary N) is 2. The Balaban J connectivity index is 2.02. The SMILES string of the molecule is Cc1ccc2[nH]c(C(=O)NC(C)(C(N)=O)c3cccc(Cl)c3)c(Cl)c2c1. The van der Waals surface area contributed by atoms with Gasteiger partial charge in [-0.15, -0.1) is 0 Å². The monoisotopic (exact) mass is 389 g/mol. The van der Waals surface area contributed by atoms with Crippen molar-refractivity contribution in [3.63, 3.8) is 0 Å². The van der Waals surface area contributed by atoms with E-state index >= 15 is 0 Å². The Morgan fingerprint density at radius 1 is 1.15 bits per heavy atom. The summed E-state index contributed by atoms with van der Waals surface area (Å²) < 4.78 is 0. The van der Waals surface area contributed by atoms with Gasteiger partial charge in [-0.3, -0.25) is 9.59 Å². The van der Waals surface area contributed by atoms with Crippen LogP contribution in [0, 0.1) is 6.92 Å². The number of nitrogens with two attached hydrogens (primary N) is 1. The summed E-state index contributed by atoms with van der Waals surface area (Å²) in [6.45, 7) is 3.46. The number of aromatic nitrogens is 1. The molecule has 0 spiro atoms. The van der Waals surface area contributed by atoms with E-state index in [2.05, 4.69) is 10.3 Å². The van der Waals surface area contributed by atoms with Gasteiger partial charge in [0.05, 0.1) is 5.02 Å². The van der Waals surface area contributed by atoms with Crippen LogP contribution in [-0.4, -0.2) is 16.8 Å². The van der Waals surface area contributed by atoms with E-state index in [0.29, 0.717) is 15.6 Å². The summed E-state index contributed by atoms with van der Waals surface area (Å²) in [5.74, 6) is -1.25. The zero-order chi connectivity index (χ0) is 19.1. The van der Waals surface area contributed by atoms with Gasteiger partial charge in [-0.25, -0.2) is 0 Å². The molecule has 3 rings (SSSR count). The first-order valence-corrected chi connectivity index (χ1v) is 8.64. The maximum absolute atomic E-state index is 12.8. The third-order valence-electron chi connectivity index (χ3n) is 4.38. The fraction of sp³-hybridized carbons (Fsp3) is 0.158. The number of carbonyl (C=O) groups is 2. The van der Waals surface area contributed by atoms with Crippen LogP contribution in [0.25, 0.3) is 10.9 Å². The first kappa shape index (κ1) is 18.3. The molecule has 0 saturated carbocycles. The molecule has 7 heteroatoms. The fourth-order valence-corrected chi connectivity index (χ4v) is 3.27. The molecule has 0 fully saturated rings. The number of halogens is 2. The van der Waals surface area contributed by atoms with Crippen LogP contribution in [0.5, 0.6) is 0 Å². The second-order valence-corrected chi connectivity index (χ2v) is 7.13. The zero-order valence-electron chi connectivity index (χ0n) is 14.2. The molecule has 0 aliphatic rings. The number of hydrogen-bond acceptors (Lipinski definition) is 2. The van der Waals surface area contributed by atoms with E-state index in [1.807, 2.05) is 25.1 Å². The minimum Gasteiger partial charge on any atom is -0.367 e. The fourth-order valence-electron chi connectivity index (χ4n) is 2.79. The minimum atomic E-state index is -1.45. The smallest absolute Gasteiger partial charge is 0.270 e. The van der Waals surface area contributed by atoms with Crippen molar-refractivity contribution in [2.75, 3.05) is 0 Å². The van der Waals surface area contributed by atoms with Crippen molar-refractivity contribution < 1.29 is 9.59 Å². The molecule has 1 atom stereocenters. The van der Waals surface area contributed by atoms with Crippen molar-refractivity contribution in [2.24, 2.45) is 5.73 Å². The largest absolute Gasteiger partial charge is 0.367 e. The van der Waals surface area contributed by atoms with Gasteiger partial charge < -0.3 is 16.0 Å². The van der Waals surface area contributed by atoms with Gasteiger partial charge in [0.1, 0.15) is 11.2 Å². The van der Waals surface area contributed by atoms with Gasteiger partial charge in [0.25, 0.3) is 5.91 Å². The molecule has 134 valence electrons. The predicted molar refractivity (Wildman–Crippen MR) is 104 cm³/mol. The van der Waals surface area contributed by atoms with Crippen LogP contribution in [-0.2, 0) is 10.3 Å². The highest BCUT2D eigenvalue weighted by molar-refractivity contribution is 6.38. The van der Waals surface area contributed by atoms with Gasteiger partial charge in [-0.05, 0) is 43.7 Å². The molecule has 4 N–H and O–H groups in total. The quantitative estimate of drug-likeness (QED) is 0.631. The van der Waals surface area contributed by atoms with E-state index in [-0.39, 0.29) is 5.69 Å². The van der Waals surface area contributed by atoms with E-state index in [4.69, 9.17) is 28.9 Å². The van der Waals surface area contributed by atoms with Gasteiger partial charge in [-0.2, -0.15) is 0 Å². The number of hydrogen-bond donors (Lipinski definition) is 3. The molecule has 2 aromatic carbocycles. The lowest BCUT2D eigenvalue weighted by atomic mass is 9.91. The molecule has 2 amide bonds. The first-order valence-electron chi connectivity index (χ1n) is 7.88. The molecular weight excluding hydrogens is 373 g/mol. The second-order valence-electron chi connectivity index (χ2n) is 6.32. The number of primary amides is 1. The number of aryl methyl sites for hydroxylation is 1. The number of aromatic amines is 1. The van der Waals surface area contributed by atoms with Gasteiger partial charge in [0.2, 0.25) is 5.91 Å². The summed E-state index contributed by atoms with van der Waals surface area (Å²) >= 11 is 12.4.